The molecule has 8 nitrogen and oxygen atoms in total. The van der Waals surface area contributed by atoms with Gasteiger partial charge in [0, 0.05) is 38.7 Å². The monoisotopic (exact) mass is 540 g/mol. The van der Waals surface area contributed by atoms with Gasteiger partial charge >= 0.3 is 12.2 Å². The molecule has 2 fully saturated rings. The number of rotatable bonds is 7. The molecule has 3 heterocycles. The molecule has 0 spiro atoms. The second-order valence-electron chi connectivity index (χ2n) is 9.76. The van der Waals surface area contributed by atoms with E-state index in [-0.39, 0.29) is 37.7 Å². The van der Waals surface area contributed by atoms with Crippen LogP contribution in [0.5, 0.6) is 5.88 Å². The number of aryl methyl sites for hydroxylation is 1. The lowest BCUT2D eigenvalue weighted by Crippen LogP contribution is -2.36. The van der Waals surface area contributed by atoms with Crippen LogP contribution in [-0.4, -0.2) is 79.3 Å². The number of anilines is 2. The van der Waals surface area contributed by atoms with Crippen LogP contribution in [0.1, 0.15) is 25.3 Å². The highest BCUT2D eigenvalue weighted by Crippen LogP contribution is 2.34. The largest absolute Gasteiger partial charge is 0.472 e. The molecule has 1 aromatic heterocycles. The third kappa shape index (κ3) is 7.04. The molecule has 0 radical (unpaired) electrons. The van der Waals surface area contributed by atoms with Crippen molar-refractivity contribution in [2.24, 2.45) is 5.92 Å². The summed E-state index contributed by atoms with van der Waals surface area (Å²) < 4.78 is 64.3. The molecular formula is C26H32F4N4O4. The highest BCUT2D eigenvalue weighted by atomic mass is 19.4. The Hall–Kier alpha value is -3.12. The number of hydrogen-bond acceptors (Lipinski definition) is 6. The van der Waals surface area contributed by atoms with Gasteiger partial charge in [-0.15, -0.1) is 0 Å². The number of pyridine rings is 1. The molecule has 2 aliphatic rings. The summed E-state index contributed by atoms with van der Waals surface area (Å²) in [6, 6.07) is 5.68. The minimum Gasteiger partial charge on any atom is -0.472 e. The van der Waals surface area contributed by atoms with Gasteiger partial charge in [0.15, 0.2) is 0 Å². The number of benzene rings is 1. The Morgan fingerprint density at radius 3 is 2.66 bits per heavy atom. The zero-order valence-corrected chi connectivity index (χ0v) is 21.4. The fourth-order valence-electron chi connectivity index (χ4n) is 4.69. The van der Waals surface area contributed by atoms with Crippen LogP contribution in [-0.2, 0) is 4.74 Å². The zero-order valence-electron chi connectivity index (χ0n) is 21.4. The van der Waals surface area contributed by atoms with E-state index in [1.807, 2.05) is 11.0 Å². The van der Waals surface area contributed by atoms with Crippen molar-refractivity contribution in [3.8, 4) is 17.0 Å². The van der Waals surface area contributed by atoms with Crippen LogP contribution >= 0.6 is 0 Å². The number of aliphatic hydroxyl groups excluding tert-OH is 1. The molecule has 2 N–H and O–H groups in total. The van der Waals surface area contributed by atoms with Gasteiger partial charge in [0.05, 0.1) is 25.5 Å². The SMILES string of the molecule is Cc1cc(F)c(NC(=O)N2CC[C@@H](CC(F)(F)F)C2)cc1-c1cc(O[C@H](C)CO)nc(N2CCOCC2)c1. The van der Waals surface area contributed by atoms with E-state index >= 15 is 0 Å². The van der Waals surface area contributed by atoms with Gasteiger partial charge in [0.1, 0.15) is 17.7 Å². The van der Waals surface area contributed by atoms with Crippen LogP contribution in [0.2, 0.25) is 0 Å². The number of carbonyl (C=O) groups is 1. The van der Waals surface area contributed by atoms with Crippen LogP contribution in [0.3, 0.4) is 0 Å². The first-order valence-corrected chi connectivity index (χ1v) is 12.6. The molecule has 0 aliphatic carbocycles. The summed E-state index contributed by atoms with van der Waals surface area (Å²) in [5.74, 6) is -0.409. The first-order chi connectivity index (χ1) is 18.0. The second kappa shape index (κ2) is 11.7. The Morgan fingerprint density at radius 2 is 1.97 bits per heavy atom. The number of morpholine rings is 1. The predicted octanol–water partition coefficient (Wildman–Crippen LogP) is 4.60. The maximum absolute atomic E-state index is 14.9. The van der Waals surface area contributed by atoms with Crippen molar-refractivity contribution in [3.05, 3.63) is 35.6 Å². The lowest BCUT2D eigenvalue weighted by Gasteiger charge is -2.28. The molecule has 1 aromatic carbocycles. The molecule has 0 unspecified atom stereocenters. The summed E-state index contributed by atoms with van der Waals surface area (Å²) in [7, 11) is 0. The molecule has 0 bridgehead atoms. The van der Waals surface area contributed by atoms with Crippen molar-refractivity contribution in [3.63, 3.8) is 0 Å². The molecule has 2 aromatic rings. The molecule has 2 aliphatic heterocycles. The van der Waals surface area contributed by atoms with E-state index in [0.717, 1.165) is 0 Å². The van der Waals surface area contributed by atoms with E-state index in [9.17, 15) is 27.5 Å². The summed E-state index contributed by atoms with van der Waals surface area (Å²) in [5, 5.41) is 12.0. The number of aromatic nitrogens is 1. The molecule has 4 rings (SSSR count). The van der Waals surface area contributed by atoms with Crippen molar-refractivity contribution >= 4 is 17.5 Å². The number of urea groups is 1. The van der Waals surface area contributed by atoms with Gasteiger partial charge in [-0.05, 0) is 61.1 Å². The van der Waals surface area contributed by atoms with Crippen molar-refractivity contribution < 1.29 is 36.9 Å². The molecule has 2 saturated heterocycles. The smallest absolute Gasteiger partial charge is 0.389 e. The van der Waals surface area contributed by atoms with Crippen molar-refractivity contribution in [1.29, 1.82) is 0 Å². The number of nitrogens with one attached hydrogen (secondary N) is 1. The number of hydrogen-bond donors (Lipinski definition) is 2. The van der Waals surface area contributed by atoms with E-state index in [1.165, 1.54) is 17.0 Å². The highest BCUT2D eigenvalue weighted by molar-refractivity contribution is 5.91. The topological polar surface area (TPSA) is 87.2 Å². The van der Waals surface area contributed by atoms with E-state index in [4.69, 9.17) is 9.47 Å². The van der Waals surface area contributed by atoms with Gasteiger partial charge in [-0.1, -0.05) is 0 Å². The van der Waals surface area contributed by atoms with Gasteiger partial charge in [0.25, 0.3) is 0 Å². The minimum absolute atomic E-state index is 0.0390. The average molecular weight is 541 g/mol. The maximum Gasteiger partial charge on any atom is 0.389 e. The number of carbonyl (C=O) groups excluding carboxylic acids is 1. The number of alkyl halides is 3. The van der Waals surface area contributed by atoms with E-state index in [0.29, 0.717) is 48.8 Å². The third-order valence-electron chi connectivity index (χ3n) is 6.66. The number of nitrogens with zero attached hydrogens (tertiary/aromatic N) is 3. The average Bonchev–Trinajstić information content (AvgIpc) is 3.33. The Labute approximate surface area is 218 Å². The molecule has 208 valence electrons. The highest BCUT2D eigenvalue weighted by Gasteiger charge is 2.36. The van der Waals surface area contributed by atoms with E-state index in [1.54, 1.807) is 19.9 Å². The number of likely N-dealkylation sites (tertiary alicyclic amines) is 1. The first-order valence-electron chi connectivity index (χ1n) is 12.6. The normalized spacial score (nSPS) is 19.0. The molecule has 38 heavy (non-hydrogen) atoms. The van der Waals surface area contributed by atoms with Crippen LogP contribution in [0.25, 0.3) is 11.1 Å². The summed E-state index contributed by atoms with van der Waals surface area (Å²) in [4.78, 5) is 20.7. The summed E-state index contributed by atoms with van der Waals surface area (Å²) in [6.45, 7) is 5.70. The summed E-state index contributed by atoms with van der Waals surface area (Å²) in [5.41, 5.74) is 1.82. The van der Waals surface area contributed by atoms with Gasteiger partial charge < -0.3 is 29.7 Å². The zero-order chi connectivity index (χ0) is 27.4. The van der Waals surface area contributed by atoms with Crippen LogP contribution in [0, 0.1) is 18.7 Å². The Bertz CT molecular complexity index is 1140. The lowest BCUT2D eigenvalue weighted by atomic mass is 10.00. The van der Waals surface area contributed by atoms with Gasteiger partial charge in [0.2, 0.25) is 5.88 Å². The van der Waals surface area contributed by atoms with Gasteiger partial charge in [-0.2, -0.15) is 18.2 Å². The quantitative estimate of drug-likeness (QED) is 0.500. The van der Waals surface area contributed by atoms with E-state index in [2.05, 4.69) is 10.3 Å². The van der Waals surface area contributed by atoms with Gasteiger partial charge in [-0.25, -0.2) is 9.18 Å². The molecule has 12 heteroatoms. The van der Waals surface area contributed by atoms with E-state index < -0.39 is 36.5 Å². The van der Waals surface area contributed by atoms with Crippen LogP contribution in [0.15, 0.2) is 24.3 Å². The van der Waals surface area contributed by atoms with Crippen molar-refractivity contribution in [1.82, 2.24) is 9.88 Å². The molecular weight excluding hydrogens is 508 g/mol. The fraction of sp³-hybridized carbons (Fsp3) is 0.538. The number of aliphatic hydroxyl groups is 1. The third-order valence-corrected chi connectivity index (χ3v) is 6.66. The number of halogens is 4. The van der Waals surface area contributed by atoms with Crippen LogP contribution < -0.4 is 15.0 Å². The fourth-order valence-corrected chi connectivity index (χ4v) is 4.69. The lowest BCUT2D eigenvalue weighted by molar-refractivity contribution is -0.143. The van der Waals surface area contributed by atoms with Crippen LogP contribution in [0.4, 0.5) is 33.9 Å². The minimum atomic E-state index is -4.29. The predicted molar refractivity (Wildman–Crippen MR) is 134 cm³/mol. The Morgan fingerprint density at radius 1 is 1.24 bits per heavy atom. The molecule has 2 atom stereocenters. The number of ether oxygens (including phenoxy) is 2. The first kappa shape index (κ1) is 27.9. The Kier molecular flexibility index (Phi) is 8.61. The standard InChI is InChI=1S/C26H32F4N4O4/c1-16-9-21(27)22(31-25(36)34-4-3-18(14-34)13-26(28,29)30)12-20(16)19-10-23(33-5-7-37-8-6-33)32-24(11-19)38-17(2)15-35/h9-12,17-18,35H,3-8,13-15H2,1-2H3,(H,31,36)/t17-,18+/m1/s1. The molecule has 2 amide bonds. The van der Waals surface area contributed by atoms with Crippen molar-refractivity contribution in [2.75, 3.05) is 56.2 Å². The summed E-state index contributed by atoms with van der Waals surface area (Å²) in [6.07, 6.45) is -5.50. The Balaban J connectivity index is 1.60. The maximum atomic E-state index is 14.9. The second-order valence-corrected chi connectivity index (χ2v) is 9.76. The number of amides is 2. The summed E-state index contributed by atoms with van der Waals surface area (Å²) >= 11 is 0. The van der Waals surface area contributed by atoms with Crippen molar-refractivity contribution in [2.45, 2.75) is 39.0 Å². The van der Waals surface area contributed by atoms with Gasteiger partial charge in [-0.3, -0.25) is 0 Å². The molecule has 0 saturated carbocycles.